The summed E-state index contributed by atoms with van der Waals surface area (Å²) < 4.78 is 0. The zero-order valence-electron chi connectivity index (χ0n) is 8.80. The SMILES string of the molecule is Cc1ccc(CC(N)C(=O)O)c(O)c(=O)c1. The lowest BCUT2D eigenvalue weighted by Gasteiger charge is -2.05. The first-order chi connectivity index (χ1) is 7.41. The van der Waals surface area contributed by atoms with Crippen molar-refractivity contribution in [2.45, 2.75) is 19.4 Å². The molecule has 1 rings (SSSR count). The van der Waals surface area contributed by atoms with Crippen LogP contribution >= 0.6 is 0 Å². The summed E-state index contributed by atoms with van der Waals surface area (Å²) in [5.41, 5.74) is 5.74. The van der Waals surface area contributed by atoms with Crippen LogP contribution in [-0.4, -0.2) is 22.2 Å². The molecule has 1 aromatic rings. The van der Waals surface area contributed by atoms with E-state index in [9.17, 15) is 14.7 Å². The molecule has 16 heavy (non-hydrogen) atoms. The van der Waals surface area contributed by atoms with E-state index >= 15 is 0 Å². The molecule has 86 valence electrons. The molecule has 1 unspecified atom stereocenters. The highest BCUT2D eigenvalue weighted by molar-refractivity contribution is 5.73. The minimum atomic E-state index is -1.17. The fraction of sp³-hybridized carbons (Fsp3) is 0.273. The van der Waals surface area contributed by atoms with E-state index in [4.69, 9.17) is 10.8 Å². The fourth-order valence-electron chi connectivity index (χ4n) is 1.28. The van der Waals surface area contributed by atoms with Gasteiger partial charge in [0.25, 0.3) is 0 Å². The summed E-state index contributed by atoms with van der Waals surface area (Å²) in [5, 5.41) is 18.2. The molecule has 0 saturated carbocycles. The van der Waals surface area contributed by atoms with Crippen LogP contribution in [-0.2, 0) is 11.2 Å². The number of rotatable bonds is 3. The van der Waals surface area contributed by atoms with Gasteiger partial charge >= 0.3 is 5.97 Å². The van der Waals surface area contributed by atoms with Crippen molar-refractivity contribution in [2.75, 3.05) is 0 Å². The Morgan fingerprint density at radius 1 is 1.50 bits per heavy atom. The Hall–Kier alpha value is -1.88. The molecule has 0 aliphatic heterocycles. The van der Waals surface area contributed by atoms with Crippen LogP contribution in [0.15, 0.2) is 23.0 Å². The van der Waals surface area contributed by atoms with E-state index < -0.39 is 23.2 Å². The Kier molecular flexibility index (Phi) is 3.63. The number of nitrogens with two attached hydrogens (primary N) is 1. The maximum absolute atomic E-state index is 11.4. The molecule has 0 saturated heterocycles. The number of aryl methyl sites for hydroxylation is 1. The molecule has 5 heteroatoms. The normalized spacial score (nSPS) is 12.1. The van der Waals surface area contributed by atoms with Gasteiger partial charge in [0.05, 0.1) is 0 Å². The minimum Gasteiger partial charge on any atom is -0.504 e. The van der Waals surface area contributed by atoms with Crippen molar-refractivity contribution in [3.05, 3.63) is 39.5 Å². The third kappa shape index (κ3) is 2.80. The molecule has 1 atom stereocenters. The number of aromatic hydroxyl groups is 1. The van der Waals surface area contributed by atoms with Crippen molar-refractivity contribution in [3.8, 4) is 5.75 Å². The second-order valence-corrected chi connectivity index (χ2v) is 3.61. The third-order valence-corrected chi connectivity index (χ3v) is 2.20. The molecule has 0 radical (unpaired) electrons. The van der Waals surface area contributed by atoms with Crippen LogP contribution < -0.4 is 11.2 Å². The lowest BCUT2D eigenvalue weighted by molar-refractivity contribution is -0.138. The smallest absolute Gasteiger partial charge is 0.320 e. The van der Waals surface area contributed by atoms with Gasteiger partial charge in [0.2, 0.25) is 5.43 Å². The van der Waals surface area contributed by atoms with Crippen molar-refractivity contribution >= 4 is 5.97 Å². The van der Waals surface area contributed by atoms with Gasteiger partial charge in [0.15, 0.2) is 5.75 Å². The summed E-state index contributed by atoms with van der Waals surface area (Å²) in [6, 6.07) is 3.29. The largest absolute Gasteiger partial charge is 0.504 e. The van der Waals surface area contributed by atoms with E-state index in [-0.39, 0.29) is 12.0 Å². The number of hydrogen-bond acceptors (Lipinski definition) is 4. The Morgan fingerprint density at radius 2 is 2.12 bits per heavy atom. The fourth-order valence-corrected chi connectivity index (χ4v) is 1.28. The lowest BCUT2D eigenvalue weighted by atomic mass is 10.1. The zero-order valence-corrected chi connectivity index (χ0v) is 8.80. The summed E-state index contributed by atoms with van der Waals surface area (Å²) in [4.78, 5) is 21.9. The van der Waals surface area contributed by atoms with Crippen LogP contribution in [0.3, 0.4) is 0 Å². The van der Waals surface area contributed by atoms with Gasteiger partial charge in [0, 0.05) is 12.0 Å². The van der Waals surface area contributed by atoms with E-state index in [0.29, 0.717) is 5.56 Å². The quantitative estimate of drug-likeness (QED) is 0.670. The lowest BCUT2D eigenvalue weighted by Crippen LogP contribution is -2.32. The van der Waals surface area contributed by atoms with E-state index in [2.05, 4.69) is 0 Å². The number of aliphatic carboxylic acids is 1. The average Bonchev–Trinajstić information content (AvgIpc) is 2.31. The van der Waals surface area contributed by atoms with Gasteiger partial charge in [0.1, 0.15) is 6.04 Å². The molecule has 0 fully saturated rings. The van der Waals surface area contributed by atoms with Gasteiger partial charge in [-0.25, -0.2) is 0 Å². The summed E-state index contributed by atoms with van der Waals surface area (Å²) in [6.45, 7) is 1.71. The monoisotopic (exact) mass is 223 g/mol. The van der Waals surface area contributed by atoms with Crippen molar-refractivity contribution in [2.24, 2.45) is 5.73 Å². The molecule has 0 spiro atoms. The van der Waals surface area contributed by atoms with Gasteiger partial charge in [-0.15, -0.1) is 0 Å². The molecule has 1 aromatic carbocycles. The predicted molar refractivity (Wildman–Crippen MR) is 58.4 cm³/mol. The molecular formula is C11H13NO4. The number of carboxylic acid groups (broad SMARTS) is 1. The summed E-state index contributed by atoms with van der Waals surface area (Å²) in [6.07, 6.45) is -0.0788. The van der Waals surface area contributed by atoms with Crippen molar-refractivity contribution in [3.63, 3.8) is 0 Å². The van der Waals surface area contributed by atoms with E-state index in [1.165, 1.54) is 12.1 Å². The first kappa shape index (κ1) is 12.2. The van der Waals surface area contributed by atoms with E-state index in [1.807, 2.05) is 0 Å². The van der Waals surface area contributed by atoms with Gasteiger partial charge < -0.3 is 15.9 Å². The first-order valence-corrected chi connectivity index (χ1v) is 4.73. The maximum atomic E-state index is 11.4. The number of hydrogen-bond donors (Lipinski definition) is 3. The Labute approximate surface area is 92.2 Å². The van der Waals surface area contributed by atoms with Crippen LogP contribution in [0.1, 0.15) is 11.1 Å². The van der Waals surface area contributed by atoms with Crippen molar-refractivity contribution in [1.82, 2.24) is 0 Å². The number of carbonyl (C=O) groups is 1. The van der Waals surface area contributed by atoms with E-state index in [1.54, 1.807) is 13.0 Å². The average molecular weight is 223 g/mol. The second kappa shape index (κ2) is 4.76. The van der Waals surface area contributed by atoms with Gasteiger partial charge in [-0.05, 0) is 18.6 Å². The van der Waals surface area contributed by atoms with Crippen molar-refractivity contribution in [1.29, 1.82) is 0 Å². The van der Waals surface area contributed by atoms with Gasteiger partial charge in [-0.2, -0.15) is 0 Å². The number of carboxylic acids is 1. The van der Waals surface area contributed by atoms with Crippen LogP contribution in [0.5, 0.6) is 5.75 Å². The van der Waals surface area contributed by atoms with Crippen LogP contribution in [0.25, 0.3) is 0 Å². The molecule has 0 aliphatic carbocycles. The highest BCUT2D eigenvalue weighted by Gasteiger charge is 2.15. The van der Waals surface area contributed by atoms with Crippen LogP contribution in [0, 0.1) is 6.92 Å². The Balaban J connectivity index is 3.16. The zero-order chi connectivity index (χ0) is 12.3. The second-order valence-electron chi connectivity index (χ2n) is 3.61. The molecule has 4 N–H and O–H groups in total. The first-order valence-electron chi connectivity index (χ1n) is 4.73. The van der Waals surface area contributed by atoms with Gasteiger partial charge in [-0.3, -0.25) is 9.59 Å². The molecular weight excluding hydrogens is 210 g/mol. The molecule has 0 aromatic heterocycles. The van der Waals surface area contributed by atoms with Crippen LogP contribution in [0.2, 0.25) is 0 Å². The topological polar surface area (TPSA) is 101 Å². The Morgan fingerprint density at radius 3 is 2.69 bits per heavy atom. The Bertz CT molecular complexity index is 470. The van der Waals surface area contributed by atoms with Gasteiger partial charge in [-0.1, -0.05) is 12.1 Å². The standard InChI is InChI=1S/C11H13NO4/c1-6-2-3-7(5-8(12)11(15)16)10(14)9(13)4-6/h2-4,8H,5,12H2,1H3,(H,13,14)(H,15,16). The predicted octanol–water partition coefficient (Wildman–Crippen LogP) is 0.0152. The molecule has 0 bridgehead atoms. The highest BCUT2D eigenvalue weighted by atomic mass is 16.4. The summed E-state index contributed by atoms with van der Waals surface area (Å²) >= 11 is 0. The molecule has 0 aliphatic rings. The molecule has 0 amide bonds. The van der Waals surface area contributed by atoms with Crippen molar-refractivity contribution < 1.29 is 15.0 Å². The van der Waals surface area contributed by atoms with Crippen LogP contribution in [0.4, 0.5) is 0 Å². The third-order valence-electron chi connectivity index (χ3n) is 2.20. The minimum absolute atomic E-state index is 0.0788. The van der Waals surface area contributed by atoms with E-state index in [0.717, 1.165) is 0 Å². The summed E-state index contributed by atoms with van der Waals surface area (Å²) in [5.74, 6) is -1.61. The maximum Gasteiger partial charge on any atom is 0.320 e. The molecule has 5 nitrogen and oxygen atoms in total. The summed E-state index contributed by atoms with van der Waals surface area (Å²) in [7, 11) is 0. The highest BCUT2D eigenvalue weighted by Crippen LogP contribution is 2.12. The molecule has 0 heterocycles.